The fourth-order valence-electron chi connectivity index (χ4n) is 1.62. The van der Waals surface area contributed by atoms with Crippen LogP contribution in [0, 0.1) is 6.92 Å². The zero-order chi connectivity index (χ0) is 14.6. The first-order chi connectivity index (χ1) is 9.76. The average Bonchev–Trinajstić information content (AvgIpc) is 2.86. The van der Waals surface area contributed by atoms with E-state index in [1.807, 2.05) is 6.20 Å². The first-order valence-electron chi connectivity index (χ1n) is 7.19. The highest BCUT2D eigenvalue weighted by Crippen LogP contribution is 2.10. The van der Waals surface area contributed by atoms with Gasteiger partial charge < -0.3 is 15.4 Å². The summed E-state index contributed by atoms with van der Waals surface area (Å²) in [5.41, 5.74) is 0. The molecule has 5 nitrogen and oxygen atoms in total. The maximum absolute atomic E-state index is 5.49. The van der Waals surface area contributed by atoms with Gasteiger partial charge in [0, 0.05) is 44.2 Å². The standard InChI is InChI=1S/C14H26N4OS.HI/c1-4-5-9-19-10-8-17-14(15-3)16-7-6-13-18-11-12(2)20-13;/h11H,4-10H2,1-3H3,(H2,15,16,17);1H. The molecule has 2 N–H and O–H groups in total. The van der Waals surface area contributed by atoms with Gasteiger partial charge in [0.1, 0.15) is 0 Å². The van der Waals surface area contributed by atoms with Crippen LogP contribution in [-0.4, -0.2) is 44.3 Å². The Bertz CT molecular complexity index is 398. The topological polar surface area (TPSA) is 58.5 Å². The summed E-state index contributed by atoms with van der Waals surface area (Å²) < 4.78 is 5.49. The van der Waals surface area contributed by atoms with Gasteiger partial charge >= 0.3 is 0 Å². The van der Waals surface area contributed by atoms with Crippen molar-refractivity contribution in [3.8, 4) is 0 Å². The molecule has 0 amide bonds. The Morgan fingerprint density at radius 1 is 1.33 bits per heavy atom. The molecular weight excluding hydrogens is 399 g/mol. The van der Waals surface area contributed by atoms with Gasteiger partial charge in [-0.2, -0.15) is 0 Å². The number of ether oxygens (including phenoxy) is 1. The van der Waals surface area contributed by atoms with Crippen molar-refractivity contribution in [2.24, 2.45) is 4.99 Å². The zero-order valence-corrected chi connectivity index (χ0v) is 16.3. The molecule has 122 valence electrons. The van der Waals surface area contributed by atoms with Crippen LogP contribution in [-0.2, 0) is 11.2 Å². The predicted molar refractivity (Wildman–Crippen MR) is 101 cm³/mol. The van der Waals surface area contributed by atoms with Gasteiger partial charge in [0.05, 0.1) is 11.6 Å². The number of rotatable bonds is 9. The molecule has 21 heavy (non-hydrogen) atoms. The Balaban J connectivity index is 0.00000400. The maximum atomic E-state index is 5.49. The van der Waals surface area contributed by atoms with Gasteiger partial charge in [-0.1, -0.05) is 13.3 Å². The van der Waals surface area contributed by atoms with Gasteiger partial charge in [0.25, 0.3) is 0 Å². The van der Waals surface area contributed by atoms with Crippen molar-refractivity contribution in [1.82, 2.24) is 15.6 Å². The summed E-state index contributed by atoms with van der Waals surface area (Å²) in [4.78, 5) is 9.78. The van der Waals surface area contributed by atoms with Gasteiger partial charge in [0.2, 0.25) is 0 Å². The number of hydrogen-bond acceptors (Lipinski definition) is 4. The van der Waals surface area contributed by atoms with E-state index >= 15 is 0 Å². The Morgan fingerprint density at radius 2 is 2.10 bits per heavy atom. The first-order valence-corrected chi connectivity index (χ1v) is 8.01. The largest absolute Gasteiger partial charge is 0.380 e. The Kier molecular flexibility index (Phi) is 13.0. The molecule has 0 aliphatic heterocycles. The molecule has 1 heterocycles. The number of unbranched alkanes of at least 4 members (excludes halogenated alkanes) is 1. The van der Waals surface area contributed by atoms with Crippen molar-refractivity contribution in [3.05, 3.63) is 16.1 Å². The third-order valence-corrected chi connectivity index (χ3v) is 3.68. The third-order valence-electron chi connectivity index (χ3n) is 2.71. The molecule has 1 aromatic heterocycles. The van der Waals surface area contributed by atoms with Crippen molar-refractivity contribution in [2.45, 2.75) is 33.1 Å². The fourth-order valence-corrected chi connectivity index (χ4v) is 2.40. The minimum atomic E-state index is 0. The molecule has 0 spiro atoms. The van der Waals surface area contributed by atoms with E-state index in [1.54, 1.807) is 18.4 Å². The molecule has 0 aliphatic carbocycles. The van der Waals surface area contributed by atoms with Crippen molar-refractivity contribution in [3.63, 3.8) is 0 Å². The minimum absolute atomic E-state index is 0. The Morgan fingerprint density at radius 3 is 2.71 bits per heavy atom. The number of aromatic nitrogens is 1. The van der Waals surface area contributed by atoms with Gasteiger partial charge in [-0.25, -0.2) is 4.98 Å². The molecule has 0 fully saturated rings. The van der Waals surface area contributed by atoms with Crippen LogP contribution in [0.5, 0.6) is 0 Å². The average molecular weight is 426 g/mol. The summed E-state index contributed by atoms with van der Waals surface area (Å²) in [7, 11) is 1.78. The summed E-state index contributed by atoms with van der Waals surface area (Å²) >= 11 is 1.74. The number of hydrogen-bond donors (Lipinski definition) is 2. The lowest BCUT2D eigenvalue weighted by Gasteiger charge is -2.11. The summed E-state index contributed by atoms with van der Waals surface area (Å²) in [6.45, 7) is 7.41. The minimum Gasteiger partial charge on any atom is -0.380 e. The summed E-state index contributed by atoms with van der Waals surface area (Å²) in [6, 6.07) is 0. The molecule has 1 rings (SSSR count). The Labute approximate surface area is 149 Å². The van der Waals surface area contributed by atoms with E-state index in [0.717, 1.165) is 43.5 Å². The lowest BCUT2D eigenvalue weighted by atomic mass is 10.4. The van der Waals surface area contributed by atoms with Gasteiger partial charge in [0.15, 0.2) is 5.96 Å². The number of aryl methyl sites for hydroxylation is 1. The number of nitrogens with one attached hydrogen (secondary N) is 2. The second kappa shape index (κ2) is 13.3. The number of thiazole rings is 1. The van der Waals surface area contributed by atoms with E-state index in [0.29, 0.717) is 6.61 Å². The van der Waals surface area contributed by atoms with Crippen LogP contribution in [0.2, 0.25) is 0 Å². The summed E-state index contributed by atoms with van der Waals surface area (Å²) in [6.07, 6.45) is 5.14. The maximum Gasteiger partial charge on any atom is 0.191 e. The second-order valence-electron chi connectivity index (χ2n) is 4.51. The molecule has 0 saturated heterocycles. The van der Waals surface area contributed by atoms with Crippen molar-refractivity contribution in [1.29, 1.82) is 0 Å². The van der Waals surface area contributed by atoms with E-state index in [9.17, 15) is 0 Å². The smallest absolute Gasteiger partial charge is 0.191 e. The molecule has 7 heteroatoms. The number of guanidine groups is 1. The highest BCUT2D eigenvalue weighted by molar-refractivity contribution is 14.0. The number of halogens is 1. The van der Waals surface area contributed by atoms with Gasteiger partial charge in [-0.05, 0) is 13.3 Å². The lowest BCUT2D eigenvalue weighted by molar-refractivity contribution is 0.136. The lowest BCUT2D eigenvalue weighted by Crippen LogP contribution is -2.39. The van der Waals surface area contributed by atoms with Crippen LogP contribution in [0.25, 0.3) is 0 Å². The molecule has 0 radical (unpaired) electrons. The van der Waals surface area contributed by atoms with E-state index < -0.39 is 0 Å². The van der Waals surface area contributed by atoms with E-state index in [4.69, 9.17) is 4.74 Å². The second-order valence-corrected chi connectivity index (χ2v) is 5.83. The van der Waals surface area contributed by atoms with E-state index in [2.05, 4.69) is 34.5 Å². The highest BCUT2D eigenvalue weighted by atomic mass is 127. The molecular formula is C14H27IN4OS. The molecule has 0 saturated carbocycles. The van der Waals surface area contributed by atoms with Crippen LogP contribution in [0.4, 0.5) is 0 Å². The monoisotopic (exact) mass is 426 g/mol. The summed E-state index contributed by atoms with van der Waals surface area (Å²) in [5, 5.41) is 7.67. The molecule has 0 bridgehead atoms. The number of aliphatic imine (C=N–C) groups is 1. The van der Waals surface area contributed by atoms with Crippen LogP contribution in [0.1, 0.15) is 29.7 Å². The number of nitrogens with zero attached hydrogens (tertiary/aromatic N) is 2. The van der Waals surface area contributed by atoms with Crippen LogP contribution >= 0.6 is 35.3 Å². The first kappa shape index (κ1) is 20.6. The van der Waals surface area contributed by atoms with E-state index in [-0.39, 0.29) is 24.0 Å². The van der Waals surface area contributed by atoms with Crippen LogP contribution in [0.3, 0.4) is 0 Å². The quantitative estimate of drug-likeness (QED) is 0.276. The van der Waals surface area contributed by atoms with Gasteiger partial charge in [-0.3, -0.25) is 4.99 Å². The van der Waals surface area contributed by atoms with Crippen molar-refractivity contribution in [2.75, 3.05) is 33.4 Å². The highest BCUT2D eigenvalue weighted by Gasteiger charge is 2.00. The fraction of sp³-hybridized carbons (Fsp3) is 0.714. The Hall–Kier alpha value is -0.410. The molecule has 0 atom stereocenters. The summed E-state index contributed by atoms with van der Waals surface area (Å²) in [5.74, 6) is 0.817. The van der Waals surface area contributed by atoms with Gasteiger partial charge in [-0.15, -0.1) is 35.3 Å². The predicted octanol–water partition coefficient (Wildman–Crippen LogP) is 2.59. The normalized spacial score (nSPS) is 11.1. The van der Waals surface area contributed by atoms with Crippen LogP contribution < -0.4 is 10.6 Å². The third kappa shape index (κ3) is 10.0. The van der Waals surface area contributed by atoms with Crippen LogP contribution in [0.15, 0.2) is 11.2 Å². The van der Waals surface area contributed by atoms with E-state index in [1.165, 1.54) is 11.3 Å². The molecule has 0 aliphatic rings. The SMILES string of the molecule is CCCCOCCNC(=NC)NCCc1ncc(C)s1.I. The molecule has 0 unspecified atom stereocenters. The zero-order valence-electron chi connectivity index (χ0n) is 13.1. The molecule has 0 aromatic carbocycles. The van der Waals surface area contributed by atoms with Crippen molar-refractivity contribution < 1.29 is 4.74 Å². The van der Waals surface area contributed by atoms with Crippen molar-refractivity contribution >= 4 is 41.3 Å². The molecule has 1 aromatic rings.